The molecule has 3 aromatic rings. The number of carbonyl (C=O) groups is 4. The normalized spacial score (nSPS) is 17.0. The van der Waals surface area contributed by atoms with E-state index >= 15 is 0 Å². The van der Waals surface area contributed by atoms with Crippen molar-refractivity contribution in [1.29, 1.82) is 0 Å². The Morgan fingerprint density at radius 2 is 1.53 bits per heavy atom. The van der Waals surface area contributed by atoms with Crippen molar-refractivity contribution >= 4 is 58.1 Å². The molecule has 1 aromatic carbocycles. The van der Waals surface area contributed by atoms with Crippen molar-refractivity contribution in [2.24, 2.45) is 17.8 Å². The van der Waals surface area contributed by atoms with E-state index in [1.54, 1.807) is 35.8 Å². The highest BCUT2D eigenvalue weighted by molar-refractivity contribution is 8.20. The molecule has 2 aromatic heterocycles. The summed E-state index contributed by atoms with van der Waals surface area (Å²) in [6.07, 6.45) is 10.9. The first kappa shape index (κ1) is 44.1. The van der Waals surface area contributed by atoms with Gasteiger partial charge in [0.1, 0.15) is 17.8 Å². The molecule has 0 bridgehead atoms. The van der Waals surface area contributed by atoms with Gasteiger partial charge < -0.3 is 21.3 Å². The van der Waals surface area contributed by atoms with Gasteiger partial charge >= 0.3 is 0 Å². The van der Waals surface area contributed by atoms with Gasteiger partial charge in [0.25, 0.3) is 5.91 Å². The van der Waals surface area contributed by atoms with Gasteiger partial charge in [-0.3, -0.25) is 24.2 Å². The van der Waals surface area contributed by atoms with E-state index in [1.807, 2.05) is 83.1 Å². The number of thioether (sulfide) groups is 2. The van der Waals surface area contributed by atoms with Crippen molar-refractivity contribution in [3.63, 3.8) is 0 Å². The van der Waals surface area contributed by atoms with E-state index in [4.69, 9.17) is 0 Å². The average molecular weight is 791 g/mol. The molecule has 55 heavy (non-hydrogen) atoms. The highest BCUT2D eigenvalue weighted by Gasteiger charge is 2.36. The van der Waals surface area contributed by atoms with E-state index in [0.29, 0.717) is 31.7 Å². The second-order valence-corrected chi connectivity index (χ2v) is 17.5. The third kappa shape index (κ3) is 13.8. The number of fused-ring (bicyclic) bond motifs is 1. The third-order valence-electron chi connectivity index (χ3n) is 10.4. The summed E-state index contributed by atoms with van der Waals surface area (Å²) in [7, 11) is 0. The molecule has 4 N–H and O–H groups in total. The molecule has 0 radical (unpaired) electrons. The minimum atomic E-state index is -0.731. The minimum absolute atomic E-state index is 0.0349. The molecule has 0 unspecified atom stereocenters. The standard InChI is InChI=1S/C41H56N6O4S2.C2H6/c1-4-12-34(38(49)43-26-31-16-10-11-22-42-31)46-37(48)32(27(2)3)20-19-30(25-28-13-6-5-7-14-28)44-40(51)36(41-52-23-24-53-41)47-39(50)35-21-18-29-15-8-9-17-33(29)45-35;1-2/h8-11,15-18,21-22,27-28,30,32,34,36,41H,4-7,12-14,19-20,23-26H2,1-3H3,(H,43,49)(H,44,51)(H,46,48)(H,47,50);1-2H3/t30-,32+,34+,36-;/m1./s1. The molecule has 12 heteroatoms. The lowest BCUT2D eigenvalue weighted by atomic mass is 9.82. The summed E-state index contributed by atoms with van der Waals surface area (Å²) in [4.78, 5) is 63.7. The number of carbonyl (C=O) groups excluding carboxylic acids is 4. The summed E-state index contributed by atoms with van der Waals surface area (Å²) in [5, 5.41) is 13.4. The van der Waals surface area contributed by atoms with Gasteiger partial charge in [0.15, 0.2) is 0 Å². The summed E-state index contributed by atoms with van der Waals surface area (Å²) in [6.45, 7) is 10.4. The van der Waals surface area contributed by atoms with Gasteiger partial charge in [-0.2, -0.15) is 0 Å². The number of amides is 4. The molecular weight excluding hydrogens is 729 g/mol. The number of benzene rings is 1. The van der Waals surface area contributed by atoms with Crippen LogP contribution in [0, 0.1) is 17.8 Å². The molecule has 4 amide bonds. The smallest absolute Gasteiger partial charge is 0.270 e. The zero-order chi connectivity index (χ0) is 39.6. The summed E-state index contributed by atoms with van der Waals surface area (Å²) >= 11 is 3.40. The van der Waals surface area contributed by atoms with Gasteiger partial charge in [-0.15, -0.1) is 23.5 Å². The van der Waals surface area contributed by atoms with Crippen molar-refractivity contribution in [3.05, 3.63) is 72.2 Å². The number of nitrogens with one attached hydrogen (secondary N) is 4. The Bertz CT molecular complexity index is 1650. The Morgan fingerprint density at radius 1 is 0.800 bits per heavy atom. The molecule has 5 rings (SSSR count). The summed E-state index contributed by atoms with van der Waals surface area (Å²) in [5.41, 5.74) is 1.77. The van der Waals surface area contributed by atoms with Crippen molar-refractivity contribution in [2.75, 3.05) is 11.5 Å². The van der Waals surface area contributed by atoms with Crippen LogP contribution in [0.5, 0.6) is 0 Å². The zero-order valence-electron chi connectivity index (χ0n) is 33.4. The van der Waals surface area contributed by atoms with Crippen molar-refractivity contribution in [2.45, 2.75) is 128 Å². The molecular formula is C43H62N6O4S2. The van der Waals surface area contributed by atoms with Crippen LogP contribution in [0.3, 0.4) is 0 Å². The summed E-state index contributed by atoms with van der Waals surface area (Å²) in [6, 6.07) is 15.3. The average Bonchev–Trinajstić information content (AvgIpc) is 3.75. The molecule has 1 saturated heterocycles. The van der Waals surface area contributed by atoms with Gasteiger partial charge in [-0.1, -0.05) is 103 Å². The maximum atomic E-state index is 14.2. The van der Waals surface area contributed by atoms with E-state index in [1.165, 1.54) is 19.3 Å². The number of hydrogen-bond donors (Lipinski definition) is 4. The second kappa shape index (κ2) is 23.4. The molecule has 10 nitrogen and oxygen atoms in total. The van der Waals surface area contributed by atoms with Crippen LogP contribution in [0.2, 0.25) is 0 Å². The molecule has 0 spiro atoms. The van der Waals surface area contributed by atoms with Crippen molar-refractivity contribution in [1.82, 2.24) is 31.2 Å². The zero-order valence-corrected chi connectivity index (χ0v) is 35.0. The highest BCUT2D eigenvalue weighted by Crippen LogP contribution is 2.35. The number of rotatable bonds is 18. The first-order valence-electron chi connectivity index (χ1n) is 20.4. The fourth-order valence-corrected chi connectivity index (χ4v) is 10.4. The van der Waals surface area contributed by atoms with Crippen molar-refractivity contribution in [3.8, 4) is 0 Å². The molecule has 2 fully saturated rings. The van der Waals surface area contributed by atoms with Crippen LogP contribution in [0.1, 0.15) is 115 Å². The maximum absolute atomic E-state index is 14.2. The first-order valence-corrected chi connectivity index (χ1v) is 22.5. The van der Waals surface area contributed by atoms with Crippen LogP contribution in [-0.2, 0) is 20.9 Å². The first-order chi connectivity index (χ1) is 26.7. The van der Waals surface area contributed by atoms with Gasteiger partial charge in [0.2, 0.25) is 17.7 Å². The highest BCUT2D eigenvalue weighted by atomic mass is 32.2. The number of para-hydroxylation sites is 1. The van der Waals surface area contributed by atoms with Crippen LogP contribution in [0.15, 0.2) is 60.8 Å². The molecule has 1 saturated carbocycles. The predicted octanol–water partition coefficient (Wildman–Crippen LogP) is 7.67. The van der Waals surface area contributed by atoms with Crippen molar-refractivity contribution < 1.29 is 19.2 Å². The number of hydrogen-bond acceptors (Lipinski definition) is 8. The Labute approximate surface area is 336 Å². The Kier molecular flexibility index (Phi) is 18.8. The molecule has 1 aliphatic heterocycles. The van der Waals surface area contributed by atoms with Crippen LogP contribution in [0.25, 0.3) is 10.9 Å². The van der Waals surface area contributed by atoms with Gasteiger partial charge in [-0.25, -0.2) is 4.98 Å². The minimum Gasteiger partial charge on any atom is -0.352 e. The quantitative estimate of drug-likeness (QED) is 0.103. The molecule has 1 aliphatic carbocycles. The van der Waals surface area contributed by atoms with Crippen LogP contribution in [-0.4, -0.2) is 67.8 Å². The monoisotopic (exact) mass is 790 g/mol. The Morgan fingerprint density at radius 3 is 2.22 bits per heavy atom. The maximum Gasteiger partial charge on any atom is 0.270 e. The van der Waals surface area contributed by atoms with Gasteiger partial charge in [0, 0.05) is 35.0 Å². The van der Waals surface area contributed by atoms with Gasteiger partial charge in [-0.05, 0) is 61.8 Å². The second-order valence-electron chi connectivity index (χ2n) is 14.7. The van der Waals surface area contributed by atoms with E-state index < -0.39 is 12.1 Å². The lowest BCUT2D eigenvalue weighted by Crippen LogP contribution is -2.54. The lowest BCUT2D eigenvalue weighted by Gasteiger charge is -2.31. The SMILES string of the molecule is CC.CCC[C@H](NC(=O)[C@@H](CC[C@H](CC1CCCCC1)NC(=O)[C@@H](NC(=O)c1ccc2ccccc2n1)C1SCCS1)C(C)C)C(=O)NCc1ccccn1. The number of pyridine rings is 2. The fourth-order valence-electron chi connectivity index (χ4n) is 7.39. The lowest BCUT2D eigenvalue weighted by molar-refractivity contribution is -0.132. The van der Waals surface area contributed by atoms with Gasteiger partial charge in [0.05, 0.1) is 22.3 Å². The Hall–Kier alpha value is -3.64. The molecule has 4 atom stereocenters. The summed E-state index contributed by atoms with van der Waals surface area (Å²) < 4.78 is -0.108. The van der Waals surface area contributed by atoms with E-state index in [0.717, 1.165) is 53.8 Å². The van der Waals surface area contributed by atoms with E-state index in [-0.39, 0.29) is 51.8 Å². The molecule has 2 aliphatic rings. The molecule has 3 heterocycles. The number of nitrogens with zero attached hydrogens (tertiary/aromatic N) is 2. The van der Waals surface area contributed by atoms with E-state index in [9.17, 15) is 19.2 Å². The van der Waals surface area contributed by atoms with Crippen LogP contribution in [0.4, 0.5) is 0 Å². The summed E-state index contributed by atoms with van der Waals surface area (Å²) in [5.74, 6) is 1.13. The van der Waals surface area contributed by atoms with Crippen LogP contribution < -0.4 is 21.3 Å². The largest absolute Gasteiger partial charge is 0.352 e. The topological polar surface area (TPSA) is 142 Å². The fraction of sp³-hybridized carbons (Fsp3) is 0.581. The predicted molar refractivity (Wildman–Crippen MR) is 227 cm³/mol. The number of aromatic nitrogens is 2. The third-order valence-corrected chi connectivity index (χ3v) is 13.5. The van der Waals surface area contributed by atoms with Crippen LogP contribution >= 0.6 is 23.5 Å². The Balaban J connectivity index is 0.00000331. The van der Waals surface area contributed by atoms with E-state index in [2.05, 4.69) is 31.2 Å². The molecule has 300 valence electrons.